The summed E-state index contributed by atoms with van der Waals surface area (Å²) in [6.07, 6.45) is 0. The fourth-order valence-electron chi connectivity index (χ4n) is 1.00. The summed E-state index contributed by atoms with van der Waals surface area (Å²) in [6.45, 7) is 1.19. The van der Waals surface area contributed by atoms with E-state index in [0.717, 1.165) is 12.1 Å². The second-order valence-electron chi connectivity index (χ2n) is 2.60. The summed E-state index contributed by atoms with van der Waals surface area (Å²) in [6, 6.07) is 1.82. The van der Waals surface area contributed by atoms with Crippen LogP contribution in [0.5, 0.6) is 0 Å². The van der Waals surface area contributed by atoms with Crippen molar-refractivity contribution in [3.05, 3.63) is 38.1 Å². The molecule has 0 aliphatic rings. The molecule has 0 saturated heterocycles. The van der Waals surface area contributed by atoms with Crippen LogP contribution in [0.2, 0.25) is 0 Å². The van der Waals surface area contributed by atoms with Crippen molar-refractivity contribution in [3.63, 3.8) is 0 Å². The quantitative estimate of drug-likeness (QED) is 0.467. The van der Waals surface area contributed by atoms with E-state index in [0.29, 0.717) is 0 Å². The molecule has 0 N–H and O–H groups in total. The van der Waals surface area contributed by atoms with Gasteiger partial charge in [-0.2, -0.15) is 0 Å². The number of benzene rings is 1. The Labute approximate surface area is 87.0 Å². The van der Waals surface area contributed by atoms with Crippen LogP contribution in [0.3, 0.4) is 0 Å². The van der Waals surface area contributed by atoms with E-state index < -0.39 is 16.5 Å². The van der Waals surface area contributed by atoms with Gasteiger partial charge in [0.05, 0.1) is 16.6 Å². The van der Waals surface area contributed by atoms with E-state index in [1.54, 1.807) is 0 Å². The molecule has 0 spiro atoms. The average Bonchev–Trinajstić information content (AvgIpc) is 2.01. The van der Waals surface area contributed by atoms with E-state index >= 15 is 0 Å². The Morgan fingerprint density at radius 1 is 1.57 bits per heavy atom. The Kier molecular flexibility index (Phi) is 2.95. The topological polar surface area (TPSA) is 60.2 Å². The van der Waals surface area contributed by atoms with Crippen LogP contribution in [-0.2, 0) is 0 Å². The first-order valence-electron chi connectivity index (χ1n) is 3.58. The Bertz CT molecular complexity index is 396. The maximum atomic E-state index is 13.2. The van der Waals surface area contributed by atoms with E-state index in [1.807, 2.05) is 0 Å². The zero-order valence-corrected chi connectivity index (χ0v) is 8.67. The van der Waals surface area contributed by atoms with E-state index in [-0.39, 0.29) is 15.7 Å². The molecule has 0 aliphatic heterocycles. The highest BCUT2D eigenvalue weighted by molar-refractivity contribution is 9.10. The van der Waals surface area contributed by atoms with Crippen molar-refractivity contribution in [3.8, 4) is 0 Å². The highest BCUT2D eigenvalue weighted by Crippen LogP contribution is 2.26. The molecule has 74 valence electrons. The molecular weight excluding hydrogens is 257 g/mol. The lowest BCUT2D eigenvalue weighted by molar-refractivity contribution is -0.385. The summed E-state index contributed by atoms with van der Waals surface area (Å²) < 4.78 is 13.3. The van der Waals surface area contributed by atoms with Crippen LogP contribution >= 0.6 is 15.9 Å². The molecule has 0 atom stereocenters. The van der Waals surface area contributed by atoms with Crippen molar-refractivity contribution >= 4 is 27.4 Å². The fourth-order valence-corrected chi connectivity index (χ4v) is 1.70. The summed E-state index contributed by atoms with van der Waals surface area (Å²) in [5.74, 6) is -1.37. The predicted octanol–water partition coefficient (Wildman–Crippen LogP) is 2.70. The van der Waals surface area contributed by atoms with Crippen molar-refractivity contribution in [1.82, 2.24) is 0 Å². The first kappa shape index (κ1) is 10.8. The molecule has 4 nitrogen and oxygen atoms in total. The molecular formula is C8H5BrFNO3. The largest absolute Gasteiger partial charge is 0.294 e. The van der Waals surface area contributed by atoms with Crippen LogP contribution in [-0.4, -0.2) is 10.7 Å². The minimum absolute atomic E-state index is 0.0942. The maximum Gasteiger partial charge on any atom is 0.273 e. The number of carbonyl (C=O) groups is 1. The molecule has 0 unspecified atom stereocenters. The molecule has 1 rings (SSSR count). The van der Waals surface area contributed by atoms with Crippen molar-refractivity contribution in [2.75, 3.05) is 0 Å². The van der Waals surface area contributed by atoms with Gasteiger partial charge in [-0.3, -0.25) is 14.9 Å². The molecule has 1 aromatic carbocycles. The lowest BCUT2D eigenvalue weighted by atomic mass is 10.1. The molecule has 6 heteroatoms. The van der Waals surface area contributed by atoms with Crippen LogP contribution in [0.25, 0.3) is 0 Å². The van der Waals surface area contributed by atoms with Crippen LogP contribution in [0.15, 0.2) is 16.6 Å². The Balaban J connectivity index is 3.39. The van der Waals surface area contributed by atoms with Gasteiger partial charge in [0.1, 0.15) is 5.82 Å². The number of hydrogen-bond acceptors (Lipinski definition) is 3. The third kappa shape index (κ3) is 1.95. The van der Waals surface area contributed by atoms with Gasteiger partial charge in [0.2, 0.25) is 0 Å². The number of rotatable bonds is 2. The monoisotopic (exact) mass is 261 g/mol. The molecule has 14 heavy (non-hydrogen) atoms. The number of hydrogen-bond donors (Lipinski definition) is 0. The lowest BCUT2D eigenvalue weighted by Crippen LogP contribution is -2.00. The zero-order chi connectivity index (χ0) is 10.9. The van der Waals surface area contributed by atoms with Gasteiger partial charge >= 0.3 is 0 Å². The lowest BCUT2D eigenvalue weighted by Gasteiger charge is -2.01. The minimum Gasteiger partial charge on any atom is -0.294 e. The highest BCUT2D eigenvalue weighted by Gasteiger charge is 2.17. The minimum atomic E-state index is -0.890. The molecule has 1 aromatic rings. The number of ketones is 1. The fraction of sp³-hybridized carbons (Fsp3) is 0.125. The predicted molar refractivity (Wildman–Crippen MR) is 50.8 cm³/mol. The molecule has 0 bridgehead atoms. The standard InChI is InChI=1S/C8H5BrFNO3/c1-4(12)8-6(9)2-5(11(13)14)3-7(8)10/h2-3H,1H3. The third-order valence-corrected chi connectivity index (χ3v) is 2.22. The third-order valence-electron chi connectivity index (χ3n) is 1.59. The molecule has 0 amide bonds. The summed E-state index contributed by atoms with van der Waals surface area (Å²) in [5.41, 5.74) is -0.560. The van der Waals surface area contributed by atoms with E-state index in [2.05, 4.69) is 15.9 Å². The normalized spacial score (nSPS) is 9.93. The maximum absolute atomic E-state index is 13.2. The number of non-ortho nitro benzene ring substituents is 1. The smallest absolute Gasteiger partial charge is 0.273 e. The molecule has 0 heterocycles. The summed E-state index contributed by atoms with van der Waals surface area (Å²) in [5, 5.41) is 10.3. The van der Waals surface area contributed by atoms with Crippen LogP contribution in [0.1, 0.15) is 17.3 Å². The Morgan fingerprint density at radius 2 is 2.14 bits per heavy atom. The molecule has 0 aromatic heterocycles. The number of nitro groups is 1. The number of nitro benzene ring substituents is 1. The molecule has 0 saturated carbocycles. The molecule has 0 fully saturated rings. The van der Waals surface area contributed by atoms with Crippen molar-refractivity contribution in [2.24, 2.45) is 0 Å². The summed E-state index contributed by atoms with van der Waals surface area (Å²) in [4.78, 5) is 20.5. The molecule has 0 aliphatic carbocycles. The summed E-state index contributed by atoms with van der Waals surface area (Å²) >= 11 is 2.90. The van der Waals surface area contributed by atoms with Crippen molar-refractivity contribution in [2.45, 2.75) is 6.92 Å². The van der Waals surface area contributed by atoms with Crippen molar-refractivity contribution in [1.29, 1.82) is 0 Å². The molecule has 0 radical (unpaired) electrons. The zero-order valence-electron chi connectivity index (χ0n) is 7.08. The van der Waals surface area contributed by atoms with E-state index in [4.69, 9.17) is 0 Å². The van der Waals surface area contributed by atoms with Crippen LogP contribution in [0.4, 0.5) is 10.1 Å². The Morgan fingerprint density at radius 3 is 2.50 bits per heavy atom. The Hall–Kier alpha value is -1.30. The second kappa shape index (κ2) is 3.83. The highest BCUT2D eigenvalue weighted by atomic mass is 79.9. The average molecular weight is 262 g/mol. The van der Waals surface area contributed by atoms with Crippen LogP contribution in [0, 0.1) is 15.9 Å². The van der Waals surface area contributed by atoms with Gasteiger partial charge in [-0.05, 0) is 22.9 Å². The van der Waals surface area contributed by atoms with E-state index in [1.165, 1.54) is 6.92 Å². The van der Waals surface area contributed by atoms with Gasteiger partial charge < -0.3 is 0 Å². The summed E-state index contributed by atoms with van der Waals surface area (Å²) in [7, 11) is 0. The van der Waals surface area contributed by atoms with Crippen molar-refractivity contribution < 1.29 is 14.1 Å². The number of carbonyl (C=O) groups excluding carboxylic acids is 1. The van der Waals surface area contributed by atoms with Gasteiger partial charge in [0.25, 0.3) is 5.69 Å². The second-order valence-corrected chi connectivity index (χ2v) is 3.45. The van der Waals surface area contributed by atoms with Gasteiger partial charge in [-0.1, -0.05) is 0 Å². The van der Waals surface area contributed by atoms with Gasteiger partial charge in [-0.25, -0.2) is 4.39 Å². The number of halogens is 2. The van der Waals surface area contributed by atoms with Crippen LogP contribution < -0.4 is 0 Å². The van der Waals surface area contributed by atoms with Gasteiger partial charge in [-0.15, -0.1) is 0 Å². The van der Waals surface area contributed by atoms with E-state index in [9.17, 15) is 19.3 Å². The van der Waals surface area contributed by atoms with Gasteiger partial charge in [0.15, 0.2) is 5.78 Å². The number of Topliss-reactive ketones (excluding diaryl/α,β-unsaturated/α-hetero) is 1. The first-order chi connectivity index (χ1) is 6.43. The SMILES string of the molecule is CC(=O)c1c(F)cc([N+](=O)[O-])cc1Br. The number of nitrogens with zero attached hydrogens (tertiary/aromatic N) is 1. The first-order valence-corrected chi connectivity index (χ1v) is 4.37. The van der Waals surface area contributed by atoms with Gasteiger partial charge in [0, 0.05) is 10.5 Å².